The second-order valence-electron chi connectivity index (χ2n) is 10.2. The highest BCUT2D eigenvalue weighted by Crippen LogP contribution is 2.50. The Hall–Kier alpha value is -0.913. The van der Waals surface area contributed by atoms with Gasteiger partial charge in [-0.05, 0) is 49.4 Å². The van der Waals surface area contributed by atoms with Crippen molar-refractivity contribution in [3.8, 4) is 0 Å². The van der Waals surface area contributed by atoms with Crippen molar-refractivity contribution < 1.29 is 19.1 Å². The minimum atomic E-state index is -1.87. The van der Waals surface area contributed by atoms with Crippen molar-refractivity contribution in [3.63, 3.8) is 0 Å². The molecule has 0 amide bonds. The molecular weight excluding hydrogens is 344 g/mol. The number of hydrogen-bond donors (Lipinski definition) is 1. The number of hydrogen-bond acceptors (Lipinski definition) is 4. The van der Waals surface area contributed by atoms with Gasteiger partial charge in [0.25, 0.3) is 0 Å². The molecule has 0 radical (unpaired) electrons. The van der Waals surface area contributed by atoms with Crippen LogP contribution in [-0.4, -0.2) is 37.7 Å². The zero-order chi connectivity index (χ0) is 19.5. The molecule has 1 heterocycles. The zero-order valence-electron chi connectivity index (χ0n) is 17.1. The Morgan fingerprint density at radius 2 is 2.04 bits per heavy atom. The van der Waals surface area contributed by atoms with E-state index in [4.69, 9.17) is 9.16 Å². The summed E-state index contributed by atoms with van der Waals surface area (Å²) in [5.41, 5.74) is 1.50. The van der Waals surface area contributed by atoms with Crippen molar-refractivity contribution in [1.29, 1.82) is 0 Å². The van der Waals surface area contributed by atoms with Crippen molar-refractivity contribution in [1.82, 2.24) is 0 Å². The number of ether oxygens (including phenoxy) is 1. The molecule has 2 aliphatic carbocycles. The highest BCUT2D eigenvalue weighted by molar-refractivity contribution is 6.74. The number of aliphatic hydroxyl groups excluding tert-OH is 1. The van der Waals surface area contributed by atoms with Gasteiger partial charge in [-0.15, -0.1) is 0 Å². The molecule has 26 heavy (non-hydrogen) atoms. The van der Waals surface area contributed by atoms with Crippen LogP contribution in [0.5, 0.6) is 0 Å². The minimum Gasteiger partial charge on any atom is -0.456 e. The molecule has 0 aromatic heterocycles. The van der Waals surface area contributed by atoms with E-state index in [1.165, 1.54) is 5.57 Å². The topological polar surface area (TPSA) is 55.8 Å². The summed E-state index contributed by atoms with van der Waals surface area (Å²) in [6, 6.07) is 0. The lowest BCUT2D eigenvalue weighted by Crippen LogP contribution is -2.51. The Labute approximate surface area is 158 Å². The lowest BCUT2D eigenvalue weighted by molar-refractivity contribution is -0.151. The van der Waals surface area contributed by atoms with Crippen molar-refractivity contribution in [3.05, 3.63) is 23.8 Å². The third-order valence-corrected chi connectivity index (χ3v) is 11.7. The van der Waals surface area contributed by atoms with Gasteiger partial charge in [-0.2, -0.15) is 0 Å². The third kappa shape index (κ3) is 3.23. The SMILES string of the molecule is C=C1C(=O)O[C@@H]2[C@@H](O)[C@]3(C)CC[C@@H](O[Si](C)(C)C(C)(C)C)/C(=C/C[C@@H]12)C3. The van der Waals surface area contributed by atoms with E-state index in [0.29, 0.717) is 12.0 Å². The predicted molar refractivity (Wildman–Crippen MR) is 105 cm³/mol. The van der Waals surface area contributed by atoms with Gasteiger partial charge in [-0.3, -0.25) is 0 Å². The molecule has 0 aromatic carbocycles. The van der Waals surface area contributed by atoms with Crippen LogP contribution in [0.1, 0.15) is 53.4 Å². The van der Waals surface area contributed by atoms with Gasteiger partial charge >= 0.3 is 5.97 Å². The van der Waals surface area contributed by atoms with Gasteiger partial charge in [0.1, 0.15) is 6.10 Å². The summed E-state index contributed by atoms with van der Waals surface area (Å²) < 4.78 is 12.2. The van der Waals surface area contributed by atoms with Gasteiger partial charge in [0.2, 0.25) is 0 Å². The lowest BCUT2D eigenvalue weighted by atomic mass is 9.64. The Morgan fingerprint density at radius 1 is 1.38 bits per heavy atom. The zero-order valence-corrected chi connectivity index (χ0v) is 18.1. The van der Waals surface area contributed by atoms with Crippen LogP contribution in [0.3, 0.4) is 0 Å². The molecule has 5 heteroatoms. The average molecular weight is 379 g/mol. The van der Waals surface area contributed by atoms with Crippen LogP contribution in [0.2, 0.25) is 18.1 Å². The molecule has 0 spiro atoms. The van der Waals surface area contributed by atoms with Crippen LogP contribution in [0.15, 0.2) is 23.8 Å². The molecule has 1 saturated carbocycles. The standard InChI is InChI=1S/C21H34O4Si/c1-13-15-9-8-14-12-21(5,18(22)17(15)24-19(13)23)11-10-16(14)25-26(6,7)20(2,3)4/h8,15-18,22H,1,9-12H2,2-7H3/b14-8+/t15-,16+,17-,18+,21+/m0/s1. The Kier molecular flexibility index (Phi) is 4.82. The molecule has 2 bridgehead atoms. The van der Waals surface area contributed by atoms with E-state index in [-0.39, 0.29) is 28.4 Å². The summed E-state index contributed by atoms with van der Waals surface area (Å²) in [6.45, 7) is 17.4. The van der Waals surface area contributed by atoms with E-state index in [1.54, 1.807) is 0 Å². The van der Waals surface area contributed by atoms with E-state index in [2.05, 4.69) is 53.4 Å². The Morgan fingerprint density at radius 3 is 2.65 bits per heavy atom. The van der Waals surface area contributed by atoms with Crippen LogP contribution in [0.4, 0.5) is 0 Å². The van der Waals surface area contributed by atoms with Crippen molar-refractivity contribution in [2.45, 2.75) is 89.8 Å². The van der Waals surface area contributed by atoms with E-state index < -0.39 is 20.5 Å². The highest BCUT2D eigenvalue weighted by atomic mass is 28.4. The maximum atomic E-state index is 12.0. The molecule has 1 N–H and O–H groups in total. The largest absolute Gasteiger partial charge is 0.456 e. The van der Waals surface area contributed by atoms with Gasteiger partial charge in [0, 0.05) is 16.9 Å². The molecule has 1 aliphatic heterocycles. The molecule has 4 nitrogen and oxygen atoms in total. The summed E-state index contributed by atoms with van der Waals surface area (Å²) in [5.74, 6) is -0.481. The highest BCUT2D eigenvalue weighted by Gasteiger charge is 2.52. The van der Waals surface area contributed by atoms with Crippen molar-refractivity contribution in [2.75, 3.05) is 0 Å². The molecule has 0 unspecified atom stereocenters. The second-order valence-corrected chi connectivity index (χ2v) is 15.0. The fourth-order valence-electron chi connectivity index (χ4n) is 4.30. The number of rotatable bonds is 2. The second kappa shape index (κ2) is 6.32. The van der Waals surface area contributed by atoms with Gasteiger partial charge in [-0.1, -0.05) is 40.3 Å². The fourth-order valence-corrected chi connectivity index (χ4v) is 5.64. The Balaban J connectivity index is 1.90. The van der Waals surface area contributed by atoms with E-state index in [0.717, 1.165) is 19.3 Å². The summed E-state index contributed by atoms with van der Waals surface area (Å²) in [7, 11) is -1.87. The van der Waals surface area contributed by atoms with Gasteiger partial charge < -0.3 is 14.3 Å². The van der Waals surface area contributed by atoms with Crippen molar-refractivity contribution in [2.24, 2.45) is 11.3 Å². The van der Waals surface area contributed by atoms with Gasteiger partial charge in [0.05, 0.1) is 12.2 Å². The smallest absolute Gasteiger partial charge is 0.334 e. The van der Waals surface area contributed by atoms with Crippen LogP contribution >= 0.6 is 0 Å². The summed E-state index contributed by atoms with van der Waals surface area (Å²) in [5, 5.41) is 11.2. The molecule has 0 aromatic rings. The fraction of sp³-hybridized carbons (Fsp3) is 0.762. The number of aliphatic hydroxyl groups is 1. The first kappa shape index (κ1) is 19.8. The van der Waals surface area contributed by atoms with Crippen LogP contribution < -0.4 is 0 Å². The number of allylic oxidation sites excluding steroid dienone is 1. The van der Waals surface area contributed by atoms with Crippen LogP contribution in [-0.2, 0) is 14.0 Å². The van der Waals surface area contributed by atoms with Crippen LogP contribution in [0.25, 0.3) is 0 Å². The number of carbonyl (C=O) groups is 1. The molecular formula is C21H34O4Si. The van der Waals surface area contributed by atoms with Crippen LogP contribution in [0, 0.1) is 11.3 Å². The Bertz CT molecular complexity index is 645. The number of esters is 1. The molecule has 2 fully saturated rings. The minimum absolute atomic E-state index is 0.124. The van der Waals surface area contributed by atoms with Gasteiger partial charge in [-0.25, -0.2) is 4.79 Å². The third-order valence-electron chi connectivity index (χ3n) is 7.25. The summed E-state index contributed by atoms with van der Waals surface area (Å²) in [4.78, 5) is 12.0. The van der Waals surface area contributed by atoms with E-state index in [9.17, 15) is 9.90 Å². The maximum absolute atomic E-state index is 12.0. The van der Waals surface area contributed by atoms with Crippen molar-refractivity contribution >= 4 is 14.3 Å². The molecule has 3 aliphatic rings. The predicted octanol–water partition coefficient (Wildman–Crippen LogP) is 4.36. The number of fused-ring (bicyclic) bond motifs is 3. The first-order chi connectivity index (χ1) is 11.9. The molecule has 5 atom stereocenters. The first-order valence-electron chi connectivity index (χ1n) is 9.80. The monoisotopic (exact) mass is 378 g/mol. The molecule has 3 rings (SSSR count). The lowest BCUT2D eigenvalue weighted by Gasteiger charge is -2.48. The maximum Gasteiger partial charge on any atom is 0.334 e. The molecule has 146 valence electrons. The average Bonchev–Trinajstić information content (AvgIpc) is 2.80. The van der Waals surface area contributed by atoms with Gasteiger partial charge in [0.15, 0.2) is 8.32 Å². The molecule has 1 saturated heterocycles. The normalized spacial score (nSPS) is 40.2. The van der Waals surface area contributed by atoms with E-state index >= 15 is 0 Å². The summed E-state index contributed by atoms with van der Waals surface area (Å²) in [6.07, 6.45) is 4.53. The quantitative estimate of drug-likeness (QED) is 0.336. The number of carbonyl (C=O) groups excluding carboxylic acids is 1. The first-order valence-corrected chi connectivity index (χ1v) is 12.7. The summed E-state index contributed by atoms with van der Waals surface area (Å²) >= 11 is 0. The van der Waals surface area contributed by atoms with E-state index in [1.807, 2.05) is 0 Å².